The molecule has 0 aliphatic carbocycles. The lowest BCUT2D eigenvalue weighted by Crippen LogP contribution is -2.32. The summed E-state index contributed by atoms with van der Waals surface area (Å²) in [5.41, 5.74) is 0.520. The third-order valence-electron chi connectivity index (χ3n) is 2.25. The highest BCUT2D eigenvalue weighted by molar-refractivity contribution is 9.10. The molecule has 0 aliphatic rings. The molecule has 1 rings (SSSR count). The van der Waals surface area contributed by atoms with Gasteiger partial charge < -0.3 is 10.2 Å². The van der Waals surface area contributed by atoms with E-state index in [0.29, 0.717) is 11.0 Å². The van der Waals surface area contributed by atoms with E-state index in [9.17, 15) is 4.79 Å². The van der Waals surface area contributed by atoms with Gasteiger partial charge in [0.2, 0.25) is 0 Å². The van der Waals surface area contributed by atoms with Gasteiger partial charge in [0.25, 0.3) is 5.56 Å². The summed E-state index contributed by atoms with van der Waals surface area (Å²) in [6.07, 6.45) is 1.69. The van der Waals surface area contributed by atoms with Crippen molar-refractivity contribution < 1.29 is 0 Å². The molecule has 0 aromatic carbocycles. The Morgan fingerprint density at radius 2 is 2.06 bits per heavy atom. The molecule has 1 heterocycles. The van der Waals surface area contributed by atoms with Crippen LogP contribution in [0.5, 0.6) is 0 Å². The molecule has 0 spiro atoms. The van der Waals surface area contributed by atoms with Crippen molar-refractivity contribution in [3.8, 4) is 0 Å². The number of halogens is 1. The third-order valence-corrected chi connectivity index (χ3v) is 3.02. The van der Waals surface area contributed by atoms with Crippen LogP contribution >= 0.6 is 15.9 Å². The maximum absolute atomic E-state index is 12.1. The van der Waals surface area contributed by atoms with E-state index in [1.807, 2.05) is 39.8 Å². The summed E-state index contributed by atoms with van der Waals surface area (Å²) >= 11 is 3.34. The van der Waals surface area contributed by atoms with Crippen LogP contribution in [0.15, 0.2) is 15.5 Å². The van der Waals surface area contributed by atoms with Crippen LogP contribution in [0, 0.1) is 0 Å². The molecule has 102 valence electrons. The Morgan fingerprint density at radius 1 is 1.44 bits per heavy atom. The first kappa shape index (κ1) is 15.2. The molecule has 0 amide bonds. The van der Waals surface area contributed by atoms with E-state index in [4.69, 9.17) is 0 Å². The van der Waals surface area contributed by atoms with Gasteiger partial charge in [0.1, 0.15) is 4.47 Å². The SMILES string of the molecule is CN(C)CCn1ncc(NC(C)(C)C)c(Br)c1=O. The van der Waals surface area contributed by atoms with Crippen LogP contribution in [0.3, 0.4) is 0 Å². The van der Waals surface area contributed by atoms with Crippen molar-refractivity contribution in [2.45, 2.75) is 32.9 Å². The van der Waals surface area contributed by atoms with Crippen molar-refractivity contribution in [2.75, 3.05) is 26.0 Å². The number of hydrogen-bond donors (Lipinski definition) is 1. The molecule has 0 unspecified atom stereocenters. The molecule has 0 radical (unpaired) electrons. The van der Waals surface area contributed by atoms with Crippen LogP contribution in [0.4, 0.5) is 5.69 Å². The number of nitrogens with zero attached hydrogens (tertiary/aromatic N) is 3. The zero-order valence-electron chi connectivity index (χ0n) is 11.6. The highest BCUT2D eigenvalue weighted by Crippen LogP contribution is 2.20. The van der Waals surface area contributed by atoms with Crippen molar-refractivity contribution in [3.63, 3.8) is 0 Å². The third kappa shape index (κ3) is 4.42. The van der Waals surface area contributed by atoms with Gasteiger partial charge >= 0.3 is 0 Å². The summed E-state index contributed by atoms with van der Waals surface area (Å²) in [7, 11) is 3.94. The highest BCUT2D eigenvalue weighted by atomic mass is 79.9. The van der Waals surface area contributed by atoms with Gasteiger partial charge in [0.05, 0.1) is 18.4 Å². The summed E-state index contributed by atoms with van der Waals surface area (Å²) in [6.45, 7) is 7.48. The average molecular weight is 317 g/mol. The van der Waals surface area contributed by atoms with E-state index < -0.39 is 0 Å². The van der Waals surface area contributed by atoms with E-state index in [-0.39, 0.29) is 11.1 Å². The maximum atomic E-state index is 12.1. The van der Waals surface area contributed by atoms with E-state index in [1.165, 1.54) is 4.68 Å². The monoisotopic (exact) mass is 316 g/mol. The summed E-state index contributed by atoms with van der Waals surface area (Å²) < 4.78 is 2.00. The predicted molar refractivity (Wildman–Crippen MR) is 78.1 cm³/mol. The minimum atomic E-state index is -0.105. The Hall–Kier alpha value is -0.880. The second kappa shape index (κ2) is 5.84. The largest absolute Gasteiger partial charge is 0.378 e. The van der Waals surface area contributed by atoms with Crippen LogP contribution in [-0.2, 0) is 6.54 Å². The smallest absolute Gasteiger partial charge is 0.283 e. The first-order chi connectivity index (χ1) is 8.20. The topological polar surface area (TPSA) is 50.2 Å². The number of aromatic nitrogens is 2. The van der Waals surface area contributed by atoms with Crippen LogP contribution in [0.1, 0.15) is 20.8 Å². The van der Waals surface area contributed by atoms with Gasteiger partial charge in [0.15, 0.2) is 0 Å². The highest BCUT2D eigenvalue weighted by Gasteiger charge is 2.14. The number of likely N-dealkylation sites (N-methyl/N-ethyl adjacent to an activating group) is 1. The fourth-order valence-corrected chi connectivity index (χ4v) is 1.82. The van der Waals surface area contributed by atoms with Crippen LogP contribution < -0.4 is 10.9 Å². The predicted octanol–water partition coefficient (Wildman–Crippen LogP) is 1.78. The van der Waals surface area contributed by atoms with Gasteiger partial charge in [-0.1, -0.05) is 0 Å². The Balaban J connectivity index is 2.95. The minimum absolute atomic E-state index is 0.105. The first-order valence-electron chi connectivity index (χ1n) is 5.89. The molecule has 0 aliphatic heterocycles. The van der Waals surface area contributed by atoms with Gasteiger partial charge in [-0.15, -0.1) is 0 Å². The molecule has 0 bridgehead atoms. The zero-order valence-corrected chi connectivity index (χ0v) is 13.2. The lowest BCUT2D eigenvalue weighted by molar-refractivity contribution is 0.367. The second-order valence-electron chi connectivity index (χ2n) is 5.58. The van der Waals surface area contributed by atoms with Gasteiger partial charge in [-0.2, -0.15) is 5.10 Å². The molecule has 6 heteroatoms. The molecule has 1 aromatic heterocycles. The summed E-state index contributed by atoms with van der Waals surface area (Å²) in [6, 6.07) is 0. The van der Waals surface area contributed by atoms with Crippen LogP contribution in [0.2, 0.25) is 0 Å². The minimum Gasteiger partial charge on any atom is -0.378 e. The molecule has 18 heavy (non-hydrogen) atoms. The van der Waals surface area contributed by atoms with Crippen molar-refractivity contribution >= 4 is 21.6 Å². The number of anilines is 1. The number of hydrogen-bond acceptors (Lipinski definition) is 4. The van der Waals surface area contributed by atoms with Crippen molar-refractivity contribution in [1.29, 1.82) is 0 Å². The standard InChI is InChI=1S/C12H21BrN4O/c1-12(2,3)15-9-8-14-17(7-6-16(4)5)11(18)10(9)13/h8,15H,6-7H2,1-5H3. The molecular formula is C12H21BrN4O. The van der Waals surface area contributed by atoms with Crippen molar-refractivity contribution in [2.24, 2.45) is 0 Å². The quantitative estimate of drug-likeness (QED) is 0.920. The molecule has 0 atom stereocenters. The molecular weight excluding hydrogens is 296 g/mol. The van der Waals surface area contributed by atoms with E-state index >= 15 is 0 Å². The molecule has 0 saturated heterocycles. The molecule has 1 aromatic rings. The van der Waals surface area contributed by atoms with Crippen molar-refractivity contribution in [1.82, 2.24) is 14.7 Å². The second-order valence-corrected chi connectivity index (χ2v) is 6.37. The molecule has 0 saturated carbocycles. The summed E-state index contributed by atoms with van der Waals surface area (Å²) in [5.74, 6) is 0. The number of rotatable bonds is 4. The average Bonchev–Trinajstić information content (AvgIpc) is 2.22. The van der Waals surface area contributed by atoms with Gasteiger partial charge in [-0.05, 0) is 50.8 Å². The van der Waals surface area contributed by atoms with E-state index in [2.05, 4.69) is 26.3 Å². The Bertz CT molecular complexity index is 462. The molecule has 5 nitrogen and oxygen atoms in total. The van der Waals surface area contributed by atoms with Gasteiger partial charge in [-0.25, -0.2) is 4.68 Å². The first-order valence-corrected chi connectivity index (χ1v) is 6.68. The van der Waals surface area contributed by atoms with E-state index in [1.54, 1.807) is 6.20 Å². The van der Waals surface area contributed by atoms with E-state index in [0.717, 1.165) is 12.2 Å². The molecule has 1 N–H and O–H groups in total. The summed E-state index contributed by atoms with van der Waals surface area (Å²) in [5, 5.41) is 7.43. The summed E-state index contributed by atoms with van der Waals surface area (Å²) in [4.78, 5) is 14.1. The zero-order chi connectivity index (χ0) is 13.9. The lowest BCUT2D eigenvalue weighted by atomic mass is 10.1. The number of nitrogens with one attached hydrogen (secondary N) is 1. The Morgan fingerprint density at radius 3 is 2.56 bits per heavy atom. The van der Waals surface area contributed by atoms with Gasteiger partial charge in [-0.3, -0.25) is 4.79 Å². The Labute approximate surface area is 116 Å². The fourth-order valence-electron chi connectivity index (χ4n) is 1.41. The molecule has 0 fully saturated rings. The fraction of sp³-hybridized carbons (Fsp3) is 0.667. The van der Waals surface area contributed by atoms with Crippen LogP contribution in [0.25, 0.3) is 0 Å². The Kier molecular flexibility index (Phi) is 4.92. The van der Waals surface area contributed by atoms with Crippen molar-refractivity contribution in [3.05, 3.63) is 21.0 Å². The maximum Gasteiger partial charge on any atom is 0.283 e. The normalized spacial score (nSPS) is 11.9. The lowest BCUT2D eigenvalue weighted by Gasteiger charge is -2.22. The van der Waals surface area contributed by atoms with Gasteiger partial charge in [0, 0.05) is 12.1 Å². The van der Waals surface area contributed by atoms with Crippen LogP contribution in [-0.4, -0.2) is 40.9 Å².